The van der Waals surface area contributed by atoms with Crippen molar-refractivity contribution in [1.29, 1.82) is 0 Å². The van der Waals surface area contributed by atoms with Crippen LogP contribution in [-0.4, -0.2) is 48.5 Å². The van der Waals surface area contributed by atoms with Gasteiger partial charge in [0.25, 0.3) is 0 Å². The van der Waals surface area contributed by atoms with E-state index in [1.807, 2.05) is 12.3 Å². The Hall–Kier alpha value is -0.930. The Morgan fingerprint density at radius 2 is 2.15 bits per heavy atom. The predicted octanol–water partition coefficient (Wildman–Crippen LogP) is 2.49. The molecule has 2 heterocycles. The van der Waals surface area contributed by atoms with Gasteiger partial charge < -0.3 is 4.90 Å². The Labute approximate surface area is 123 Å². The molecule has 1 saturated heterocycles. The lowest BCUT2D eigenvalue weighted by Crippen LogP contribution is -2.34. The van der Waals surface area contributed by atoms with Crippen LogP contribution in [0.2, 0.25) is 0 Å². The summed E-state index contributed by atoms with van der Waals surface area (Å²) in [7, 11) is 4.43. The van der Waals surface area contributed by atoms with Crippen molar-refractivity contribution in [3.8, 4) is 0 Å². The molecule has 1 aliphatic heterocycles. The minimum atomic E-state index is 0.900. The highest BCUT2D eigenvalue weighted by Crippen LogP contribution is 2.40. The molecule has 0 amide bonds. The number of pyridine rings is 1. The second-order valence-corrected chi connectivity index (χ2v) is 6.89. The van der Waals surface area contributed by atoms with Crippen LogP contribution in [0.25, 0.3) is 0 Å². The van der Waals surface area contributed by atoms with Gasteiger partial charge in [0, 0.05) is 32.4 Å². The number of fused-ring (bicyclic) bond motifs is 1. The Morgan fingerprint density at radius 3 is 2.90 bits per heavy atom. The van der Waals surface area contributed by atoms with Crippen LogP contribution in [0.15, 0.2) is 24.4 Å². The molecule has 1 aromatic heterocycles. The quantitative estimate of drug-likeness (QED) is 0.840. The number of likely N-dealkylation sites (tertiary alicyclic amines) is 1. The number of hydrogen-bond acceptors (Lipinski definition) is 3. The summed E-state index contributed by atoms with van der Waals surface area (Å²) >= 11 is 0. The molecule has 1 aliphatic carbocycles. The zero-order chi connectivity index (χ0) is 13.9. The molecular formula is C17H27N3. The van der Waals surface area contributed by atoms with E-state index >= 15 is 0 Å². The summed E-state index contributed by atoms with van der Waals surface area (Å²) in [5.74, 6) is 2.74. The van der Waals surface area contributed by atoms with Crippen molar-refractivity contribution in [2.45, 2.75) is 25.8 Å². The van der Waals surface area contributed by atoms with Crippen LogP contribution in [-0.2, 0) is 6.54 Å². The summed E-state index contributed by atoms with van der Waals surface area (Å²) in [6, 6.07) is 6.25. The van der Waals surface area contributed by atoms with E-state index in [0.29, 0.717) is 0 Å². The molecule has 1 aromatic rings. The van der Waals surface area contributed by atoms with Crippen molar-refractivity contribution >= 4 is 0 Å². The van der Waals surface area contributed by atoms with Gasteiger partial charge >= 0.3 is 0 Å². The molecule has 0 radical (unpaired) electrons. The molecule has 20 heavy (non-hydrogen) atoms. The lowest BCUT2D eigenvalue weighted by molar-refractivity contribution is 0.158. The molecule has 3 heteroatoms. The third-order valence-electron chi connectivity index (χ3n) is 5.03. The lowest BCUT2D eigenvalue weighted by atomic mass is 9.74. The minimum Gasteiger partial charge on any atom is -0.309 e. The van der Waals surface area contributed by atoms with Gasteiger partial charge in [0.05, 0.1) is 5.69 Å². The number of aromatic nitrogens is 1. The Balaban J connectivity index is 1.62. The van der Waals surface area contributed by atoms with Gasteiger partial charge in [0.2, 0.25) is 0 Å². The van der Waals surface area contributed by atoms with E-state index in [1.54, 1.807) is 0 Å². The zero-order valence-corrected chi connectivity index (χ0v) is 12.8. The van der Waals surface area contributed by atoms with Crippen molar-refractivity contribution in [1.82, 2.24) is 14.8 Å². The molecule has 3 rings (SSSR count). The van der Waals surface area contributed by atoms with Crippen LogP contribution in [0.5, 0.6) is 0 Å². The largest absolute Gasteiger partial charge is 0.309 e. The van der Waals surface area contributed by atoms with Gasteiger partial charge in [-0.1, -0.05) is 12.5 Å². The molecule has 2 fully saturated rings. The topological polar surface area (TPSA) is 19.4 Å². The summed E-state index contributed by atoms with van der Waals surface area (Å²) in [6.07, 6.45) is 6.20. The highest BCUT2D eigenvalue weighted by atomic mass is 15.2. The molecule has 3 atom stereocenters. The van der Waals surface area contributed by atoms with E-state index in [1.165, 1.54) is 44.6 Å². The van der Waals surface area contributed by atoms with Crippen LogP contribution < -0.4 is 0 Å². The molecular weight excluding hydrogens is 246 g/mol. The average molecular weight is 273 g/mol. The van der Waals surface area contributed by atoms with E-state index in [0.717, 1.165) is 24.3 Å². The van der Waals surface area contributed by atoms with Crippen LogP contribution in [0.1, 0.15) is 25.0 Å². The van der Waals surface area contributed by atoms with Gasteiger partial charge in [-0.15, -0.1) is 0 Å². The molecule has 0 unspecified atom stereocenters. The molecule has 0 aromatic carbocycles. The standard InChI is InChI=1S/C17H27N3/c1-19(2)10-14-6-5-7-15-11-20(13-17(14)15)12-16-8-3-4-9-18-16/h3-4,8-9,14-15,17H,5-7,10-13H2,1-2H3/t14-,15+,17+/m0/s1. The number of rotatable bonds is 4. The molecule has 0 spiro atoms. The molecule has 1 saturated carbocycles. The number of hydrogen-bond donors (Lipinski definition) is 0. The fourth-order valence-electron chi connectivity index (χ4n) is 4.23. The molecule has 110 valence electrons. The summed E-state index contributed by atoms with van der Waals surface area (Å²) < 4.78 is 0. The van der Waals surface area contributed by atoms with Crippen molar-refractivity contribution in [2.24, 2.45) is 17.8 Å². The van der Waals surface area contributed by atoms with E-state index in [4.69, 9.17) is 0 Å². The highest BCUT2D eigenvalue weighted by molar-refractivity contribution is 5.04. The highest BCUT2D eigenvalue weighted by Gasteiger charge is 2.39. The van der Waals surface area contributed by atoms with Gasteiger partial charge in [-0.25, -0.2) is 0 Å². The van der Waals surface area contributed by atoms with Crippen molar-refractivity contribution in [3.63, 3.8) is 0 Å². The zero-order valence-electron chi connectivity index (χ0n) is 12.8. The van der Waals surface area contributed by atoms with Gasteiger partial charge in [-0.3, -0.25) is 9.88 Å². The van der Waals surface area contributed by atoms with Crippen molar-refractivity contribution in [3.05, 3.63) is 30.1 Å². The average Bonchev–Trinajstić information content (AvgIpc) is 2.83. The predicted molar refractivity (Wildman–Crippen MR) is 82.4 cm³/mol. The van der Waals surface area contributed by atoms with Crippen LogP contribution in [0.3, 0.4) is 0 Å². The van der Waals surface area contributed by atoms with E-state index in [2.05, 4.69) is 41.0 Å². The van der Waals surface area contributed by atoms with E-state index < -0.39 is 0 Å². The molecule has 3 nitrogen and oxygen atoms in total. The first-order chi connectivity index (χ1) is 9.72. The summed E-state index contributed by atoms with van der Waals surface area (Å²) in [4.78, 5) is 9.48. The van der Waals surface area contributed by atoms with Gasteiger partial charge in [-0.2, -0.15) is 0 Å². The smallest absolute Gasteiger partial charge is 0.0543 e. The van der Waals surface area contributed by atoms with Crippen molar-refractivity contribution in [2.75, 3.05) is 33.7 Å². The first-order valence-corrected chi connectivity index (χ1v) is 7.99. The maximum absolute atomic E-state index is 4.48. The monoisotopic (exact) mass is 273 g/mol. The van der Waals surface area contributed by atoms with Crippen molar-refractivity contribution < 1.29 is 0 Å². The fraction of sp³-hybridized carbons (Fsp3) is 0.706. The van der Waals surface area contributed by atoms with Gasteiger partial charge in [-0.05, 0) is 56.8 Å². The summed E-state index contributed by atoms with van der Waals surface area (Å²) in [5.41, 5.74) is 1.22. The first-order valence-electron chi connectivity index (χ1n) is 7.99. The fourth-order valence-corrected chi connectivity index (χ4v) is 4.23. The lowest BCUT2D eigenvalue weighted by Gasteiger charge is -2.34. The first kappa shape index (κ1) is 14.0. The van der Waals surface area contributed by atoms with Crippen LogP contribution >= 0.6 is 0 Å². The maximum atomic E-state index is 4.48. The third kappa shape index (κ3) is 3.21. The van der Waals surface area contributed by atoms with E-state index in [9.17, 15) is 0 Å². The maximum Gasteiger partial charge on any atom is 0.0543 e. The number of nitrogens with zero attached hydrogens (tertiary/aromatic N) is 3. The Kier molecular flexibility index (Phi) is 4.37. The second-order valence-electron chi connectivity index (χ2n) is 6.89. The normalized spacial score (nSPS) is 30.6. The van der Waals surface area contributed by atoms with Gasteiger partial charge in [0.1, 0.15) is 0 Å². The third-order valence-corrected chi connectivity index (χ3v) is 5.03. The Morgan fingerprint density at radius 1 is 1.25 bits per heavy atom. The molecule has 0 bridgehead atoms. The summed E-state index contributed by atoms with van der Waals surface area (Å²) in [5, 5.41) is 0. The van der Waals surface area contributed by atoms with Gasteiger partial charge in [0.15, 0.2) is 0 Å². The van der Waals surface area contributed by atoms with E-state index in [-0.39, 0.29) is 0 Å². The minimum absolute atomic E-state index is 0.900. The molecule has 2 aliphatic rings. The second kappa shape index (κ2) is 6.23. The van der Waals surface area contributed by atoms with Crippen LogP contribution in [0.4, 0.5) is 0 Å². The molecule has 0 N–H and O–H groups in total. The Bertz CT molecular complexity index is 418. The van der Waals surface area contributed by atoms with Crippen LogP contribution in [0, 0.1) is 17.8 Å². The SMILES string of the molecule is CN(C)C[C@@H]1CCC[C@@H]2CN(Cc3ccccn3)C[C@@H]21. The summed E-state index contributed by atoms with van der Waals surface area (Å²) in [6.45, 7) is 4.85.